The second-order valence-electron chi connectivity index (χ2n) is 15.8. The van der Waals surface area contributed by atoms with Gasteiger partial charge in [-0.1, -0.05) is 49.6 Å². The van der Waals surface area contributed by atoms with Crippen LogP contribution < -0.4 is 5.32 Å². The van der Waals surface area contributed by atoms with E-state index in [1.807, 2.05) is 25.3 Å². The van der Waals surface area contributed by atoms with E-state index in [1.165, 1.54) is 42.6 Å². The van der Waals surface area contributed by atoms with Gasteiger partial charge < -0.3 is 10.1 Å². The Morgan fingerprint density at radius 2 is 1.84 bits per heavy atom. The Balaban J connectivity index is 1.06. The van der Waals surface area contributed by atoms with E-state index in [0.29, 0.717) is 46.6 Å². The summed E-state index contributed by atoms with van der Waals surface area (Å²) in [5.74, 6) is 3.87. The highest BCUT2D eigenvalue weighted by molar-refractivity contribution is 7.89. The van der Waals surface area contributed by atoms with Gasteiger partial charge in [0, 0.05) is 18.2 Å². The lowest BCUT2D eigenvalue weighted by Crippen LogP contribution is -2.48. The molecule has 4 aliphatic carbocycles. The standard InChI is InChI=1S/C36H49N3O3S/c1-21-6-9-27(10-7-21)43(40,41)39-20-25-18-35(5)26(15-32(25)38-39)8-11-29-28-12-13-36(17-23(3)30(28)16-31(29)35)24(4)34-33(42-36)14-22(2)19-37-34/h6-7,9-10,20,22,24,26,28-29,31,33-34,37H,8,11-19H2,1-5H3/t22-,24+,26+,28?,29-,31?,33+,34-,35-,36-/m0/s1. The average molecular weight is 604 g/mol. The van der Waals surface area contributed by atoms with E-state index in [0.717, 1.165) is 48.5 Å². The normalized spacial score (nSPS) is 42.2. The van der Waals surface area contributed by atoms with E-state index >= 15 is 0 Å². The minimum absolute atomic E-state index is 0.0122. The molecule has 3 heterocycles. The van der Waals surface area contributed by atoms with Crippen molar-refractivity contribution < 1.29 is 13.2 Å². The Morgan fingerprint density at radius 1 is 1.05 bits per heavy atom. The molecule has 232 valence electrons. The molecule has 4 fully saturated rings. The number of piperidine rings is 1. The maximum atomic E-state index is 13.5. The molecular formula is C36H49N3O3S. The third kappa shape index (κ3) is 4.23. The van der Waals surface area contributed by atoms with Crippen LogP contribution in [0.4, 0.5) is 0 Å². The van der Waals surface area contributed by atoms with Gasteiger partial charge in [-0.2, -0.15) is 17.6 Å². The maximum absolute atomic E-state index is 13.5. The number of fused-ring (bicyclic) bond motifs is 7. The number of nitrogens with one attached hydrogen (secondary N) is 1. The van der Waals surface area contributed by atoms with Crippen molar-refractivity contribution in [1.29, 1.82) is 0 Å². The maximum Gasteiger partial charge on any atom is 0.282 e. The summed E-state index contributed by atoms with van der Waals surface area (Å²) in [5, 5.41) is 8.57. The number of allylic oxidation sites excluding steroid dienone is 1. The Labute approximate surface area is 258 Å². The Morgan fingerprint density at radius 3 is 2.63 bits per heavy atom. The fraction of sp³-hybridized carbons (Fsp3) is 0.694. The van der Waals surface area contributed by atoms with Crippen LogP contribution in [-0.4, -0.2) is 41.9 Å². The van der Waals surface area contributed by atoms with E-state index in [-0.39, 0.29) is 11.0 Å². The summed E-state index contributed by atoms with van der Waals surface area (Å²) in [6, 6.07) is 7.61. The van der Waals surface area contributed by atoms with Crippen molar-refractivity contribution in [2.75, 3.05) is 6.54 Å². The summed E-state index contributed by atoms with van der Waals surface area (Å²) < 4.78 is 35.3. The first-order valence-corrected chi connectivity index (χ1v) is 18.4. The molecule has 6 aliphatic rings. The zero-order valence-corrected chi connectivity index (χ0v) is 27.4. The summed E-state index contributed by atoms with van der Waals surface area (Å²) in [4.78, 5) is 0.308. The van der Waals surface area contributed by atoms with Gasteiger partial charge in [-0.3, -0.25) is 0 Å². The third-order valence-electron chi connectivity index (χ3n) is 13.5. The minimum Gasteiger partial charge on any atom is -0.369 e. The first-order valence-electron chi connectivity index (χ1n) is 17.0. The Hall–Kier alpha value is -1.96. The molecule has 0 radical (unpaired) electrons. The number of hydrogen-bond acceptors (Lipinski definition) is 5. The molecule has 0 bridgehead atoms. The number of benzene rings is 1. The van der Waals surface area contributed by atoms with Crippen LogP contribution in [0.25, 0.3) is 0 Å². The van der Waals surface area contributed by atoms with Gasteiger partial charge in [0.25, 0.3) is 10.0 Å². The number of nitrogens with zero attached hydrogens (tertiary/aromatic N) is 2. The van der Waals surface area contributed by atoms with Gasteiger partial charge in [0.05, 0.1) is 22.3 Å². The molecule has 2 aromatic rings. The van der Waals surface area contributed by atoms with Crippen LogP contribution in [0, 0.1) is 47.8 Å². The van der Waals surface area contributed by atoms with E-state index in [4.69, 9.17) is 9.84 Å². The average Bonchev–Trinajstić information content (AvgIpc) is 3.60. The molecule has 2 saturated heterocycles. The zero-order chi connectivity index (χ0) is 29.9. The van der Waals surface area contributed by atoms with Crippen LogP contribution in [0.2, 0.25) is 0 Å². The van der Waals surface area contributed by atoms with Crippen LogP contribution >= 0.6 is 0 Å². The van der Waals surface area contributed by atoms with E-state index in [2.05, 4.69) is 33.0 Å². The lowest BCUT2D eigenvalue weighted by atomic mass is 9.52. The van der Waals surface area contributed by atoms with Crippen molar-refractivity contribution in [1.82, 2.24) is 14.5 Å². The van der Waals surface area contributed by atoms with Gasteiger partial charge in [0.2, 0.25) is 0 Å². The lowest BCUT2D eigenvalue weighted by molar-refractivity contribution is -0.0733. The van der Waals surface area contributed by atoms with Crippen molar-refractivity contribution >= 4 is 10.0 Å². The smallest absolute Gasteiger partial charge is 0.282 e. The molecule has 2 unspecified atom stereocenters. The molecule has 1 spiro atoms. The highest BCUT2D eigenvalue weighted by Crippen LogP contribution is 2.64. The van der Waals surface area contributed by atoms with Crippen LogP contribution in [0.5, 0.6) is 0 Å². The largest absolute Gasteiger partial charge is 0.369 e. The number of aryl methyl sites for hydroxylation is 1. The Kier molecular flexibility index (Phi) is 6.48. The highest BCUT2D eigenvalue weighted by Gasteiger charge is 2.59. The van der Waals surface area contributed by atoms with Gasteiger partial charge in [-0.25, -0.2) is 0 Å². The number of hydrogen-bond donors (Lipinski definition) is 1. The monoisotopic (exact) mass is 603 g/mol. The van der Waals surface area contributed by atoms with Crippen molar-refractivity contribution in [3.63, 3.8) is 0 Å². The number of aromatic nitrogens is 2. The van der Waals surface area contributed by atoms with Gasteiger partial charge in [-0.05, 0) is 131 Å². The first-order chi connectivity index (χ1) is 20.5. The molecule has 10 atom stereocenters. The summed E-state index contributed by atoms with van der Waals surface area (Å²) in [6.45, 7) is 12.9. The molecule has 1 N–H and O–H groups in total. The fourth-order valence-electron chi connectivity index (χ4n) is 11.0. The molecule has 43 heavy (non-hydrogen) atoms. The fourth-order valence-corrected chi connectivity index (χ4v) is 12.2. The quantitative estimate of drug-likeness (QED) is 0.399. The molecule has 2 saturated carbocycles. The topological polar surface area (TPSA) is 73.2 Å². The summed E-state index contributed by atoms with van der Waals surface area (Å²) in [6.07, 6.45) is 12.5. The molecule has 8 rings (SSSR count). The summed E-state index contributed by atoms with van der Waals surface area (Å²) in [5.41, 5.74) is 6.73. The molecule has 0 amide bonds. The van der Waals surface area contributed by atoms with E-state index in [1.54, 1.807) is 23.3 Å². The summed E-state index contributed by atoms with van der Waals surface area (Å²) >= 11 is 0. The van der Waals surface area contributed by atoms with Gasteiger partial charge in [0.15, 0.2) is 0 Å². The predicted octanol–water partition coefficient (Wildman–Crippen LogP) is 6.47. The molecular weight excluding hydrogens is 554 g/mol. The van der Waals surface area contributed by atoms with Crippen molar-refractivity contribution in [2.45, 2.75) is 115 Å². The minimum atomic E-state index is -3.69. The van der Waals surface area contributed by atoms with Crippen LogP contribution in [0.1, 0.15) is 89.5 Å². The molecule has 1 aromatic carbocycles. The third-order valence-corrected chi connectivity index (χ3v) is 15.0. The van der Waals surface area contributed by atoms with Crippen molar-refractivity contribution in [3.8, 4) is 0 Å². The second-order valence-corrected chi connectivity index (χ2v) is 17.6. The number of ether oxygens (including phenoxy) is 1. The first kappa shape index (κ1) is 28.5. The zero-order valence-electron chi connectivity index (χ0n) is 26.6. The van der Waals surface area contributed by atoms with Crippen molar-refractivity contribution in [3.05, 3.63) is 58.4 Å². The Bertz CT molecular complexity index is 1580. The SMILES string of the molecule is CC1=C2CC3[C@@H](CC[C@@H]4Cc5nn(S(=O)(=O)c6ccc(C)cc6)cc5C[C@]34C)C2CC[C@@]2(C1)O[C@@H]1C[C@H](C)CN[C@H]1[C@H]2C. The van der Waals surface area contributed by atoms with E-state index < -0.39 is 10.0 Å². The molecule has 1 aromatic heterocycles. The molecule has 7 heteroatoms. The second kappa shape index (κ2) is 9.77. The summed E-state index contributed by atoms with van der Waals surface area (Å²) in [7, 11) is -3.69. The predicted molar refractivity (Wildman–Crippen MR) is 168 cm³/mol. The van der Waals surface area contributed by atoms with E-state index in [9.17, 15) is 8.42 Å². The van der Waals surface area contributed by atoms with Crippen LogP contribution in [-0.2, 0) is 27.6 Å². The molecule has 2 aliphatic heterocycles. The lowest BCUT2D eigenvalue weighted by Gasteiger charge is -2.52. The van der Waals surface area contributed by atoms with Crippen LogP contribution in [0.3, 0.4) is 0 Å². The van der Waals surface area contributed by atoms with Gasteiger partial charge in [0.1, 0.15) is 0 Å². The molecule has 6 nitrogen and oxygen atoms in total. The highest BCUT2D eigenvalue weighted by atomic mass is 32.2. The van der Waals surface area contributed by atoms with Crippen molar-refractivity contribution in [2.24, 2.45) is 40.9 Å². The van der Waals surface area contributed by atoms with Crippen LogP contribution in [0.15, 0.2) is 46.5 Å². The van der Waals surface area contributed by atoms with Gasteiger partial charge in [-0.15, -0.1) is 0 Å². The van der Waals surface area contributed by atoms with Gasteiger partial charge >= 0.3 is 0 Å². The number of rotatable bonds is 2.